The molecule has 0 bridgehead atoms. The third-order valence-corrected chi connectivity index (χ3v) is 4.29. The molecule has 27 heavy (non-hydrogen) atoms. The predicted molar refractivity (Wildman–Crippen MR) is 94.4 cm³/mol. The van der Waals surface area contributed by atoms with Crippen LogP contribution in [0.5, 0.6) is 0 Å². The number of alkyl halides is 3. The summed E-state index contributed by atoms with van der Waals surface area (Å²) >= 11 is 0. The van der Waals surface area contributed by atoms with E-state index >= 15 is 0 Å². The van der Waals surface area contributed by atoms with Crippen molar-refractivity contribution in [3.05, 3.63) is 47.8 Å². The molecule has 2 atom stereocenters. The fourth-order valence-electron chi connectivity index (χ4n) is 3.18. The van der Waals surface area contributed by atoms with E-state index in [4.69, 9.17) is 5.73 Å². The van der Waals surface area contributed by atoms with Gasteiger partial charge in [-0.15, -0.1) is 0 Å². The zero-order chi connectivity index (χ0) is 19.6. The fraction of sp³-hybridized carbons (Fsp3) is 0.389. The number of nitrogens with zero attached hydrogens (tertiary/aromatic N) is 3. The first-order valence-corrected chi connectivity index (χ1v) is 8.54. The van der Waals surface area contributed by atoms with Gasteiger partial charge in [0, 0.05) is 36.6 Å². The molecule has 3 N–H and O–H groups in total. The van der Waals surface area contributed by atoms with Gasteiger partial charge in [-0.25, -0.2) is 9.97 Å². The number of rotatable bonds is 3. The van der Waals surface area contributed by atoms with Gasteiger partial charge in [0.05, 0.1) is 0 Å². The first-order valence-electron chi connectivity index (χ1n) is 8.54. The minimum atomic E-state index is -4.55. The second-order valence-electron chi connectivity index (χ2n) is 6.78. The van der Waals surface area contributed by atoms with Gasteiger partial charge in [-0.2, -0.15) is 13.2 Å². The van der Waals surface area contributed by atoms with Gasteiger partial charge in [-0.05, 0) is 36.6 Å². The highest BCUT2D eigenvalue weighted by molar-refractivity contribution is 5.95. The van der Waals surface area contributed by atoms with Gasteiger partial charge in [-0.3, -0.25) is 4.79 Å². The Balaban J connectivity index is 1.77. The molecule has 6 nitrogen and oxygen atoms in total. The summed E-state index contributed by atoms with van der Waals surface area (Å²) in [7, 11) is 0. The molecule has 0 unspecified atom stereocenters. The minimum Gasteiger partial charge on any atom is -0.337 e. The van der Waals surface area contributed by atoms with Crippen molar-refractivity contribution in [1.82, 2.24) is 14.9 Å². The number of hydrogen-bond acceptors (Lipinski definition) is 5. The molecular weight excluding hydrogens is 359 g/mol. The highest BCUT2D eigenvalue weighted by Crippen LogP contribution is 2.28. The second kappa shape index (κ2) is 7.51. The summed E-state index contributed by atoms with van der Waals surface area (Å²) in [6.45, 7) is 3.15. The van der Waals surface area contributed by atoms with E-state index < -0.39 is 11.9 Å². The predicted octanol–water partition coefficient (Wildman–Crippen LogP) is 3.05. The van der Waals surface area contributed by atoms with E-state index in [2.05, 4.69) is 15.3 Å². The van der Waals surface area contributed by atoms with E-state index in [0.717, 1.165) is 18.7 Å². The van der Waals surface area contributed by atoms with Gasteiger partial charge in [0.25, 0.3) is 5.91 Å². The summed E-state index contributed by atoms with van der Waals surface area (Å²) in [6.07, 6.45) is -2.65. The topological polar surface area (TPSA) is 84.1 Å². The molecule has 0 aliphatic carbocycles. The Morgan fingerprint density at radius 1 is 1.30 bits per heavy atom. The second-order valence-corrected chi connectivity index (χ2v) is 6.78. The summed E-state index contributed by atoms with van der Waals surface area (Å²) in [4.78, 5) is 21.7. The lowest BCUT2D eigenvalue weighted by Crippen LogP contribution is -2.48. The molecule has 2 aromatic rings. The van der Waals surface area contributed by atoms with Gasteiger partial charge in [0.15, 0.2) is 0 Å². The SMILES string of the molecule is C[C@H]1C[C@H](N)CN(C(=O)c2cccc(Nc3nccc(C(F)(F)F)n3)c2)C1. The molecular formula is C18H20F3N5O. The average Bonchev–Trinajstić information content (AvgIpc) is 2.60. The maximum atomic E-state index is 12.8. The number of piperidine rings is 1. The van der Waals surface area contributed by atoms with Crippen molar-refractivity contribution in [2.75, 3.05) is 18.4 Å². The van der Waals surface area contributed by atoms with Crippen molar-refractivity contribution < 1.29 is 18.0 Å². The van der Waals surface area contributed by atoms with Crippen LogP contribution in [0, 0.1) is 5.92 Å². The van der Waals surface area contributed by atoms with Crippen LogP contribution in [0.2, 0.25) is 0 Å². The highest BCUT2D eigenvalue weighted by Gasteiger charge is 2.32. The quantitative estimate of drug-likeness (QED) is 0.856. The van der Waals surface area contributed by atoms with Crippen LogP contribution in [0.1, 0.15) is 29.4 Å². The Kier molecular flexibility index (Phi) is 5.31. The highest BCUT2D eigenvalue weighted by atomic mass is 19.4. The average molecular weight is 379 g/mol. The molecule has 1 amide bonds. The number of benzene rings is 1. The molecule has 1 fully saturated rings. The number of aromatic nitrogens is 2. The Hall–Kier alpha value is -2.68. The summed E-state index contributed by atoms with van der Waals surface area (Å²) in [5.74, 6) is -0.0360. The standard InChI is InChI=1S/C18H20F3N5O/c1-11-7-13(22)10-26(9-11)16(27)12-3-2-4-14(8-12)24-17-23-6-5-15(25-17)18(19,20)21/h2-6,8,11,13H,7,9-10,22H2,1H3,(H,23,24,25)/t11-,13-/m0/s1. The van der Waals surface area contributed by atoms with Crippen LogP contribution in [0.15, 0.2) is 36.5 Å². The zero-order valence-electron chi connectivity index (χ0n) is 14.7. The third kappa shape index (κ3) is 4.73. The fourth-order valence-corrected chi connectivity index (χ4v) is 3.18. The van der Waals surface area contributed by atoms with Crippen molar-refractivity contribution in [2.45, 2.75) is 25.6 Å². The van der Waals surface area contributed by atoms with Crippen LogP contribution >= 0.6 is 0 Å². The van der Waals surface area contributed by atoms with Crippen LogP contribution in [-0.4, -0.2) is 39.9 Å². The molecule has 1 saturated heterocycles. The number of anilines is 2. The maximum Gasteiger partial charge on any atom is 0.433 e. The first kappa shape index (κ1) is 19.1. The molecule has 3 rings (SSSR count). The van der Waals surface area contributed by atoms with E-state index in [9.17, 15) is 18.0 Å². The van der Waals surface area contributed by atoms with E-state index in [1.807, 2.05) is 6.92 Å². The maximum absolute atomic E-state index is 12.8. The molecule has 9 heteroatoms. The number of amides is 1. The van der Waals surface area contributed by atoms with Crippen LogP contribution in [0.3, 0.4) is 0 Å². The number of halogens is 3. The minimum absolute atomic E-state index is 0.0579. The van der Waals surface area contributed by atoms with Crippen LogP contribution < -0.4 is 11.1 Å². The smallest absolute Gasteiger partial charge is 0.337 e. The molecule has 0 radical (unpaired) electrons. The Morgan fingerprint density at radius 2 is 2.07 bits per heavy atom. The summed E-state index contributed by atoms with van der Waals surface area (Å²) in [5, 5.41) is 2.71. The Bertz CT molecular complexity index is 817. The number of carbonyl (C=O) groups is 1. The lowest BCUT2D eigenvalue weighted by molar-refractivity contribution is -0.141. The van der Waals surface area contributed by atoms with E-state index in [0.29, 0.717) is 30.3 Å². The summed E-state index contributed by atoms with van der Waals surface area (Å²) in [5.41, 5.74) is 5.81. The van der Waals surface area contributed by atoms with Crippen molar-refractivity contribution in [3.63, 3.8) is 0 Å². The first-order chi connectivity index (χ1) is 12.7. The monoisotopic (exact) mass is 379 g/mol. The van der Waals surface area contributed by atoms with E-state index in [1.54, 1.807) is 29.2 Å². The molecule has 144 valence electrons. The number of nitrogens with two attached hydrogens (primary N) is 1. The van der Waals surface area contributed by atoms with Gasteiger partial charge < -0.3 is 16.0 Å². The van der Waals surface area contributed by atoms with Gasteiger partial charge >= 0.3 is 6.18 Å². The molecule has 1 aromatic carbocycles. The lowest BCUT2D eigenvalue weighted by atomic mass is 9.96. The van der Waals surface area contributed by atoms with E-state index in [-0.39, 0.29) is 17.9 Å². The molecule has 1 aliphatic heterocycles. The molecule has 0 spiro atoms. The largest absolute Gasteiger partial charge is 0.433 e. The van der Waals surface area contributed by atoms with Crippen molar-refractivity contribution in [3.8, 4) is 0 Å². The zero-order valence-corrected chi connectivity index (χ0v) is 14.7. The summed E-state index contributed by atoms with van der Waals surface area (Å²) in [6, 6.07) is 7.24. The van der Waals surface area contributed by atoms with Gasteiger partial charge in [0.1, 0.15) is 5.69 Å². The number of nitrogens with one attached hydrogen (secondary N) is 1. The number of hydrogen-bond donors (Lipinski definition) is 2. The lowest BCUT2D eigenvalue weighted by Gasteiger charge is -2.34. The molecule has 1 aliphatic rings. The Labute approximate surface area is 154 Å². The number of likely N-dealkylation sites (tertiary alicyclic amines) is 1. The van der Waals surface area contributed by atoms with E-state index in [1.165, 1.54) is 0 Å². The van der Waals surface area contributed by atoms with Crippen LogP contribution in [0.25, 0.3) is 0 Å². The number of carbonyl (C=O) groups excluding carboxylic acids is 1. The molecule has 1 aromatic heterocycles. The molecule has 0 saturated carbocycles. The Morgan fingerprint density at radius 3 is 2.78 bits per heavy atom. The van der Waals surface area contributed by atoms with Crippen molar-refractivity contribution in [2.24, 2.45) is 11.7 Å². The van der Waals surface area contributed by atoms with Crippen LogP contribution in [0.4, 0.5) is 24.8 Å². The normalized spacial score (nSPS) is 20.4. The van der Waals surface area contributed by atoms with Crippen molar-refractivity contribution >= 4 is 17.5 Å². The van der Waals surface area contributed by atoms with Crippen LogP contribution in [-0.2, 0) is 6.18 Å². The van der Waals surface area contributed by atoms with Crippen molar-refractivity contribution in [1.29, 1.82) is 0 Å². The molecule has 2 heterocycles. The van der Waals surface area contributed by atoms with Gasteiger partial charge in [-0.1, -0.05) is 13.0 Å². The van der Waals surface area contributed by atoms with Gasteiger partial charge in [0.2, 0.25) is 5.95 Å². The summed E-state index contributed by atoms with van der Waals surface area (Å²) < 4.78 is 38.3. The third-order valence-electron chi connectivity index (χ3n) is 4.29.